The first kappa shape index (κ1) is 20.8. The average Bonchev–Trinajstić information content (AvgIpc) is 2.97. The maximum absolute atomic E-state index is 12.2. The summed E-state index contributed by atoms with van der Waals surface area (Å²) in [6.07, 6.45) is -1.09. The van der Waals surface area contributed by atoms with Crippen molar-refractivity contribution in [2.24, 2.45) is 0 Å². The van der Waals surface area contributed by atoms with Gasteiger partial charge in [-0.1, -0.05) is 48.5 Å². The highest BCUT2D eigenvalue weighted by molar-refractivity contribution is 7.87. The van der Waals surface area contributed by atoms with Crippen molar-refractivity contribution in [1.82, 2.24) is 5.32 Å². The molecule has 0 spiro atoms. The minimum Gasteiger partial charge on any atom is -0.480 e. The standard InChI is InChI=1S/C20H21NO7S/c1-20(2,29(25,26)27)17(18(22)23)21-19(24)28-11-16-14-9-5-3-7-12(14)13-8-4-6-10-15(13)16/h3-10,16-17H,11H2,1-2H3,(H,21,24)(H,22,23)(H,25,26,27)/t17-/m1/s1. The summed E-state index contributed by atoms with van der Waals surface area (Å²) in [5.74, 6) is -1.84. The lowest BCUT2D eigenvalue weighted by Crippen LogP contribution is -2.57. The molecule has 0 saturated heterocycles. The zero-order valence-corrected chi connectivity index (χ0v) is 16.6. The van der Waals surface area contributed by atoms with Crippen LogP contribution < -0.4 is 5.32 Å². The zero-order valence-electron chi connectivity index (χ0n) is 15.8. The summed E-state index contributed by atoms with van der Waals surface area (Å²) in [6.45, 7) is 1.95. The highest BCUT2D eigenvalue weighted by Gasteiger charge is 2.46. The summed E-state index contributed by atoms with van der Waals surface area (Å²) in [4.78, 5) is 23.7. The Balaban J connectivity index is 1.77. The molecular weight excluding hydrogens is 398 g/mol. The van der Waals surface area contributed by atoms with Gasteiger partial charge in [0.2, 0.25) is 0 Å². The van der Waals surface area contributed by atoms with Gasteiger partial charge < -0.3 is 15.2 Å². The second-order valence-electron chi connectivity index (χ2n) is 7.32. The number of carboxylic acids is 1. The van der Waals surface area contributed by atoms with Gasteiger partial charge >= 0.3 is 12.1 Å². The molecule has 0 fully saturated rings. The maximum atomic E-state index is 12.2. The van der Waals surface area contributed by atoms with Crippen LogP contribution in [0.25, 0.3) is 11.1 Å². The molecule has 154 valence electrons. The van der Waals surface area contributed by atoms with Gasteiger partial charge in [-0.2, -0.15) is 8.42 Å². The monoisotopic (exact) mass is 419 g/mol. The van der Waals surface area contributed by atoms with Gasteiger partial charge in [0.05, 0.1) is 0 Å². The van der Waals surface area contributed by atoms with Crippen molar-refractivity contribution in [3.05, 3.63) is 59.7 Å². The summed E-state index contributed by atoms with van der Waals surface area (Å²) in [5.41, 5.74) is 4.03. The first-order valence-corrected chi connectivity index (χ1v) is 10.3. The van der Waals surface area contributed by atoms with Crippen LogP contribution in [0.4, 0.5) is 4.79 Å². The molecule has 2 aromatic carbocycles. The van der Waals surface area contributed by atoms with Crippen molar-refractivity contribution in [3.8, 4) is 11.1 Å². The van der Waals surface area contributed by atoms with Gasteiger partial charge in [0, 0.05) is 5.92 Å². The number of aliphatic carboxylic acids is 1. The second kappa shape index (κ2) is 7.49. The zero-order chi connectivity index (χ0) is 21.4. The van der Waals surface area contributed by atoms with Gasteiger partial charge in [0.15, 0.2) is 6.04 Å². The molecule has 1 amide bonds. The van der Waals surface area contributed by atoms with E-state index in [9.17, 15) is 27.7 Å². The molecule has 8 nitrogen and oxygen atoms in total. The van der Waals surface area contributed by atoms with E-state index in [0.29, 0.717) is 0 Å². The van der Waals surface area contributed by atoms with Gasteiger partial charge in [-0.15, -0.1) is 0 Å². The van der Waals surface area contributed by atoms with Crippen molar-refractivity contribution >= 4 is 22.2 Å². The highest BCUT2D eigenvalue weighted by atomic mass is 32.2. The van der Waals surface area contributed by atoms with E-state index in [1.165, 1.54) is 0 Å². The SMILES string of the molecule is CC(C)([C@H](NC(=O)OCC1c2ccccc2-c2ccccc21)C(=O)O)S(=O)(=O)O. The van der Waals surface area contributed by atoms with Crippen molar-refractivity contribution < 1.29 is 32.4 Å². The third kappa shape index (κ3) is 3.83. The molecule has 0 heterocycles. The van der Waals surface area contributed by atoms with E-state index < -0.39 is 33.0 Å². The number of hydrogen-bond acceptors (Lipinski definition) is 5. The van der Waals surface area contributed by atoms with Crippen LogP contribution in [0.15, 0.2) is 48.5 Å². The Bertz CT molecular complexity index is 1020. The van der Waals surface area contributed by atoms with Gasteiger partial charge in [0.1, 0.15) is 11.4 Å². The Morgan fingerprint density at radius 3 is 2.00 bits per heavy atom. The molecule has 1 atom stereocenters. The lowest BCUT2D eigenvalue weighted by Gasteiger charge is -2.28. The van der Waals surface area contributed by atoms with E-state index in [0.717, 1.165) is 36.1 Å². The van der Waals surface area contributed by atoms with Gasteiger partial charge in [-0.3, -0.25) is 4.55 Å². The normalized spacial score (nSPS) is 14.6. The van der Waals surface area contributed by atoms with E-state index >= 15 is 0 Å². The molecule has 0 saturated carbocycles. The molecule has 3 N–H and O–H groups in total. The summed E-state index contributed by atoms with van der Waals surface area (Å²) >= 11 is 0. The topological polar surface area (TPSA) is 130 Å². The van der Waals surface area contributed by atoms with Crippen LogP contribution in [0, 0.1) is 0 Å². The molecule has 0 bridgehead atoms. The Morgan fingerprint density at radius 1 is 1.07 bits per heavy atom. The molecule has 3 rings (SSSR count). The number of hydrogen-bond donors (Lipinski definition) is 3. The van der Waals surface area contributed by atoms with Crippen molar-refractivity contribution in [2.75, 3.05) is 6.61 Å². The molecule has 1 aliphatic carbocycles. The molecule has 1 aliphatic rings. The number of benzene rings is 2. The number of fused-ring (bicyclic) bond motifs is 3. The van der Waals surface area contributed by atoms with Crippen LogP contribution in [0.5, 0.6) is 0 Å². The average molecular weight is 419 g/mol. The van der Waals surface area contributed by atoms with E-state index in [-0.39, 0.29) is 12.5 Å². The minimum atomic E-state index is -4.75. The predicted octanol–water partition coefficient (Wildman–Crippen LogP) is 2.64. The van der Waals surface area contributed by atoms with Gasteiger partial charge in [-0.05, 0) is 36.1 Å². The molecule has 29 heavy (non-hydrogen) atoms. The largest absolute Gasteiger partial charge is 0.480 e. The smallest absolute Gasteiger partial charge is 0.407 e. The van der Waals surface area contributed by atoms with Crippen LogP contribution >= 0.6 is 0 Å². The number of rotatable bonds is 6. The second-order valence-corrected chi connectivity index (χ2v) is 9.32. The van der Waals surface area contributed by atoms with Crippen molar-refractivity contribution in [1.29, 1.82) is 0 Å². The fourth-order valence-corrected chi connectivity index (χ4v) is 3.90. The molecule has 2 aromatic rings. The summed E-state index contributed by atoms with van der Waals surface area (Å²) in [7, 11) is -4.75. The van der Waals surface area contributed by atoms with E-state index in [2.05, 4.69) is 0 Å². The Hall–Kier alpha value is -2.91. The van der Waals surface area contributed by atoms with E-state index in [1.54, 1.807) is 0 Å². The Labute approximate surface area is 168 Å². The molecule has 0 aliphatic heterocycles. The lowest BCUT2D eigenvalue weighted by atomic mass is 9.98. The fourth-order valence-electron chi connectivity index (χ4n) is 3.44. The fraction of sp³-hybridized carbons (Fsp3) is 0.300. The first-order valence-electron chi connectivity index (χ1n) is 8.85. The van der Waals surface area contributed by atoms with Crippen molar-refractivity contribution in [2.45, 2.75) is 30.6 Å². The summed E-state index contributed by atoms with van der Waals surface area (Å²) in [6, 6.07) is 13.5. The van der Waals surface area contributed by atoms with Crippen LogP contribution in [0.2, 0.25) is 0 Å². The number of carboxylic acid groups (broad SMARTS) is 1. The number of carbonyl (C=O) groups is 2. The number of alkyl carbamates (subject to hydrolysis) is 1. The van der Waals surface area contributed by atoms with Crippen LogP contribution in [-0.4, -0.2) is 47.5 Å². The summed E-state index contributed by atoms with van der Waals surface area (Å²) in [5, 5.41) is 11.4. The third-order valence-electron chi connectivity index (χ3n) is 5.21. The quantitative estimate of drug-likeness (QED) is 0.614. The van der Waals surface area contributed by atoms with Crippen LogP contribution in [0.3, 0.4) is 0 Å². The first-order chi connectivity index (χ1) is 13.5. The Morgan fingerprint density at radius 2 is 1.55 bits per heavy atom. The van der Waals surface area contributed by atoms with Gasteiger partial charge in [-0.25, -0.2) is 9.59 Å². The van der Waals surface area contributed by atoms with Gasteiger partial charge in [0.25, 0.3) is 10.1 Å². The molecule has 0 aromatic heterocycles. The predicted molar refractivity (Wildman–Crippen MR) is 105 cm³/mol. The third-order valence-corrected chi connectivity index (χ3v) is 6.78. The maximum Gasteiger partial charge on any atom is 0.407 e. The van der Waals surface area contributed by atoms with Crippen molar-refractivity contribution in [3.63, 3.8) is 0 Å². The lowest BCUT2D eigenvalue weighted by molar-refractivity contribution is -0.140. The minimum absolute atomic E-state index is 0.0570. The number of nitrogens with one attached hydrogen (secondary N) is 1. The molecule has 0 unspecified atom stereocenters. The van der Waals surface area contributed by atoms with Crippen LogP contribution in [0.1, 0.15) is 30.9 Å². The van der Waals surface area contributed by atoms with Crippen LogP contribution in [-0.2, 0) is 19.6 Å². The Kier molecular flexibility index (Phi) is 5.38. The highest BCUT2D eigenvalue weighted by Crippen LogP contribution is 2.44. The number of amides is 1. The molecule has 0 radical (unpaired) electrons. The molecular formula is C20H21NO7S. The van der Waals surface area contributed by atoms with E-state index in [4.69, 9.17) is 4.74 Å². The number of ether oxygens (including phenoxy) is 1. The molecule has 9 heteroatoms. The van der Waals surface area contributed by atoms with E-state index in [1.807, 2.05) is 53.8 Å². The summed E-state index contributed by atoms with van der Waals surface area (Å²) < 4.78 is 35.4. The number of carbonyl (C=O) groups excluding carboxylic acids is 1.